The fourth-order valence-electron chi connectivity index (χ4n) is 4.18. The number of carboxylic acid groups (broad SMARTS) is 1. The van der Waals surface area contributed by atoms with E-state index < -0.39 is 5.97 Å². The van der Waals surface area contributed by atoms with Crippen molar-refractivity contribution in [1.82, 2.24) is 19.9 Å². The van der Waals surface area contributed by atoms with Gasteiger partial charge in [-0.25, -0.2) is 14.8 Å². The van der Waals surface area contributed by atoms with Crippen LogP contribution in [0.2, 0.25) is 0 Å². The first-order valence-corrected chi connectivity index (χ1v) is 10.5. The number of rotatable bonds is 2. The molecule has 1 aromatic carbocycles. The number of carboxylic acids is 1. The van der Waals surface area contributed by atoms with E-state index in [1.807, 2.05) is 78.9 Å². The Labute approximate surface area is 205 Å². The SMILES string of the molecule is O=C(O)c1ccccc1-c1c2nc(cc3ccc(cc4nc(cc5ccc1[nH]5)C=C4)[nH]3)C=C2.[Mn]. The number of H-pyrrole nitrogens is 2. The van der Waals surface area contributed by atoms with E-state index in [1.165, 1.54) is 0 Å². The van der Waals surface area contributed by atoms with Gasteiger partial charge >= 0.3 is 5.97 Å². The van der Waals surface area contributed by atoms with Crippen LogP contribution in [0.1, 0.15) is 33.1 Å². The van der Waals surface area contributed by atoms with Crippen LogP contribution in [0.5, 0.6) is 0 Å². The average Bonchev–Trinajstić information content (AvgIpc) is 3.60. The molecule has 0 fully saturated rings. The van der Waals surface area contributed by atoms with E-state index in [4.69, 9.17) is 4.98 Å². The van der Waals surface area contributed by atoms with Crippen LogP contribution in [-0.4, -0.2) is 31.0 Å². The van der Waals surface area contributed by atoms with E-state index in [0.29, 0.717) is 11.3 Å². The smallest absolute Gasteiger partial charge is 0.336 e. The fraction of sp³-hybridized carbons (Fsp3) is 0. The molecule has 5 heterocycles. The van der Waals surface area contributed by atoms with Gasteiger partial charge in [-0.2, -0.15) is 0 Å². The molecule has 0 spiro atoms. The molecule has 6 rings (SSSR count). The molecule has 2 aliphatic heterocycles. The van der Waals surface area contributed by atoms with Crippen molar-refractivity contribution in [3.63, 3.8) is 0 Å². The largest absolute Gasteiger partial charge is 0.478 e. The molecule has 34 heavy (non-hydrogen) atoms. The van der Waals surface area contributed by atoms with E-state index in [-0.39, 0.29) is 22.6 Å². The molecule has 0 saturated carbocycles. The summed E-state index contributed by atoms with van der Waals surface area (Å²) in [6.07, 6.45) is 7.79. The molecule has 1 radical (unpaired) electrons. The van der Waals surface area contributed by atoms with Crippen LogP contribution in [0.4, 0.5) is 0 Å². The molecule has 0 amide bonds. The second-order valence-electron chi connectivity index (χ2n) is 7.91. The number of hydrogen-bond donors (Lipinski definition) is 3. The second kappa shape index (κ2) is 8.63. The summed E-state index contributed by atoms with van der Waals surface area (Å²) in [5, 5.41) is 9.82. The molecule has 0 saturated heterocycles. The molecule has 0 unspecified atom stereocenters. The van der Waals surface area contributed by atoms with Crippen molar-refractivity contribution >= 4 is 52.3 Å². The van der Waals surface area contributed by atoms with Crippen LogP contribution in [0.3, 0.4) is 0 Å². The molecule has 7 heteroatoms. The Kier molecular flexibility index (Phi) is 5.49. The standard InChI is InChI=1S/C27H18N4O2.Mn/c32-27(33)23-4-2-1-3-22(23)26-24-11-9-20(30-24)14-18-7-5-16(28-18)13-17-6-8-19(29-17)15-21-10-12-25(26)31-21;/h1-15,28,31H,(H,32,33);. The van der Waals surface area contributed by atoms with Gasteiger partial charge < -0.3 is 15.1 Å². The fourth-order valence-corrected chi connectivity index (χ4v) is 4.18. The maximum atomic E-state index is 12.0. The number of hydrogen-bond acceptors (Lipinski definition) is 3. The van der Waals surface area contributed by atoms with Gasteiger partial charge in [-0.1, -0.05) is 18.2 Å². The van der Waals surface area contributed by atoms with Gasteiger partial charge in [-0.15, -0.1) is 0 Å². The Morgan fingerprint density at radius 3 is 2.00 bits per heavy atom. The van der Waals surface area contributed by atoms with Gasteiger partial charge in [0.25, 0.3) is 0 Å². The predicted molar refractivity (Wildman–Crippen MR) is 131 cm³/mol. The number of nitrogens with zero attached hydrogens (tertiary/aromatic N) is 2. The first kappa shape index (κ1) is 21.6. The number of nitrogens with one attached hydrogen (secondary N) is 2. The van der Waals surface area contributed by atoms with Crippen molar-refractivity contribution in [3.05, 3.63) is 95.1 Å². The monoisotopic (exact) mass is 485 g/mol. The molecular weight excluding hydrogens is 467 g/mol. The summed E-state index contributed by atoms with van der Waals surface area (Å²) in [5.41, 5.74) is 8.27. The van der Waals surface area contributed by atoms with Crippen molar-refractivity contribution in [2.45, 2.75) is 0 Å². The molecule has 6 nitrogen and oxygen atoms in total. The average molecular weight is 485 g/mol. The minimum atomic E-state index is -0.981. The van der Waals surface area contributed by atoms with Crippen molar-refractivity contribution in [3.8, 4) is 11.1 Å². The minimum absolute atomic E-state index is 0. The summed E-state index contributed by atoms with van der Waals surface area (Å²) in [6.45, 7) is 0. The molecule has 3 N–H and O–H groups in total. The zero-order valence-electron chi connectivity index (χ0n) is 17.8. The summed E-state index contributed by atoms with van der Waals surface area (Å²) >= 11 is 0. The summed E-state index contributed by atoms with van der Waals surface area (Å²) in [6, 6.07) is 20.8. The second-order valence-corrected chi connectivity index (χ2v) is 7.91. The van der Waals surface area contributed by atoms with Gasteiger partial charge in [0.15, 0.2) is 0 Å². The summed E-state index contributed by atoms with van der Waals surface area (Å²) in [5.74, 6) is -0.981. The number of carbonyl (C=O) groups is 1. The molecular formula is C27H18MnN4O2. The molecule has 2 aliphatic rings. The van der Waals surface area contributed by atoms with Gasteiger partial charge in [0.1, 0.15) is 0 Å². The maximum Gasteiger partial charge on any atom is 0.336 e. The van der Waals surface area contributed by atoms with Crippen LogP contribution in [-0.2, 0) is 17.1 Å². The Balaban J connectivity index is 0.00000241. The number of benzene rings is 1. The van der Waals surface area contributed by atoms with Crippen molar-refractivity contribution in [2.24, 2.45) is 0 Å². The third-order valence-electron chi connectivity index (χ3n) is 5.65. The Morgan fingerprint density at radius 2 is 1.29 bits per heavy atom. The molecule has 4 aromatic rings. The molecule has 0 aliphatic carbocycles. The number of fused-ring (bicyclic) bond motifs is 8. The van der Waals surface area contributed by atoms with Gasteiger partial charge in [0.05, 0.1) is 28.3 Å². The Morgan fingerprint density at radius 1 is 0.706 bits per heavy atom. The van der Waals surface area contributed by atoms with Crippen LogP contribution in [0.25, 0.3) is 57.5 Å². The van der Waals surface area contributed by atoms with E-state index in [1.54, 1.807) is 12.1 Å². The van der Waals surface area contributed by atoms with Gasteiger partial charge in [0.2, 0.25) is 0 Å². The van der Waals surface area contributed by atoms with E-state index in [9.17, 15) is 9.90 Å². The minimum Gasteiger partial charge on any atom is -0.478 e. The molecule has 0 atom stereocenters. The molecule has 3 aromatic heterocycles. The molecule has 165 valence electrons. The summed E-state index contributed by atoms with van der Waals surface area (Å²) < 4.78 is 0. The maximum absolute atomic E-state index is 12.0. The van der Waals surface area contributed by atoms with Crippen molar-refractivity contribution in [1.29, 1.82) is 0 Å². The Bertz CT molecular complexity index is 1660. The van der Waals surface area contributed by atoms with Gasteiger partial charge in [-0.3, -0.25) is 0 Å². The van der Waals surface area contributed by atoms with E-state index >= 15 is 0 Å². The van der Waals surface area contributed by atoms with Crippen LogP contribution in [0.15, 0.2) is 66.7 Å². The van der Waals surface area contributed by atoms with Crippen molar-refractivity contribution < 1.29 is 27.0 Å². The zero-order valence-corrected chi connectivity index (χ0v) is 19.0. The first-order valence-electron chi connectivity index (χ1n) is 10.5. The predicted octanol–water partition coefficient (Wildman–Crippen LogP) is 6.02. The van der Waals surface area contributed by atoms with E-state index in [0.717, 1.165) is 44.7 Å². The topological polar surface area (TPSA) is 94.7 Å². The third-order valence-corrected chi connectivity index (χ3v) is 5.65. The normalized spacial score (nSPS) is 11.9. The number of aromatic carboxylic acids is 1. The zero-order chi connectivity index (χ0) is 22.4. The number of aromatic nitrogens is 4. The van der Waals surface area contributed by atoms with Crippen LogP contribution in [0, 0.1) is 0 Å². The van der Waals surface area contributed by atoms with Crippen molar-refractivity contribution in [2.75, 3.05) is 0 Å². The quantitative estimate of drug-likeness (QED) is 0.262. The van der Waals surface area contributed by atoms with Gasteiger partial charge in [-0.05, 0) is 72.8 Å². The van der Waals surface area contributed by atoms with E-state index in [2.05, 4.69) is 15.0 Å². The summed E-state index contributed by atoms with van der Waals surface area (Å²) in [4.78, 5) is 28.3. The first-order chi connectivity index (χ1) is 16.1. The number of aromatic amines is 2. The van der Waals surface area contributed by atoms with Crippen LogP contribution < -0.4 is 0 Å². The van der Waals surface area contributed by atoms with Gasteiger partial charge in [0, 0.05) is 50.3 Å². The molecule has 8 bridgehead atoms. The Hall–Kier alpha value is -4.19. The summed E-state index contributed by atoms with van der Waals surface area (Å²) in [7, 11) is 0. The third kappa shape index (κ3) is 3.99. The van der Waals surface area contributed by atoms with Crippen LogP contribution >= 0.6 is 0 Å².